The van der Waals surface area contributed by atoms with Crippen molar-refractivity contribution >= 4 is 5.91 Å². The van der Waals surface area contributed by atoms with Crippen LogP contribution in [0.15, 0.2) is 0 Å². The van der Waals surface area contributed by atoms with Crippen molar-refractivity contribution in [3.63, 3.8) is 0 Å². The van der Waals surface area contributed by atoms with Gasteiger partial charge >= 0.3 is 0 Å². The number of carbonyl (C=O) groups is 1. The van der Waals surface area contributed by atoms with Gasteiger partial charge in [-0.25, -0.2) is 0 Å². The predicted octanol–water partition coefficient (Wildman–Crippen LogP) is 4.49. The molecule has 0 aliphatic heterocycles. The number of carbonyl (C=O) groups excluding carboxylic acids is 1. The second-order valence-corrected chi connectivity index (χ2v) is 7.10. The van der Waals surface area contributed by atoms with E-state index >= 15 is 0 Å². The molecule has 108 valence electrons. The Hall–Kier alpha value is -0.530. The first-order chi connectivity index (χ1) is 8.07. The van der Waals surface area contributed by atoms with Crippen molar-refractivity contribution in [1.82, 2.24) is 4.90 Å². The van der Waals surface area contributed by atoms with E-state index in [9.17, 15) is 4.79 Å². The average Bonchev–Trinajstić information content (AvgIpc) is 2.32. The van der Waals surface area contributed by atoms with Crippen molar-refractivity contribution in [3.05, 3.63) is 0 Å². The Morgan fingerprint density at radius 3 is 1.89 bits per heavy atom. The first kappa shape index (κ1) is 17.5. The molecular weight excluding hydrogens is 222 g/mol. The summed E-state index contributed by atoms with van der Waals surface area (Å²) in [5.74, 6) is 0.283. The normalized spacial score (nSPS) is 14.4. The van der Waals surface area contributed by atoms with Crippen molar-refractivity contribution < 1.29 is 4.79 Å². The highest BCUT2D eigenvalue weighted by atomic mass is 16.2. The number of rotatable bonds is 6. The van der Waals surface area contributed by atoms with Gasteiger partial charge in [0, 0.05) is 19.5 Å². The minimum Gasteiger partial charge on any atom is -0.343 e. The third kappa shape index (κ3) is 4.99. The van der Waals surface area contributed by atoms with E-state index in [1.54, 1.807) is 0 Å². The smallest absolute Gasteiger partial charge is 0.222 e. The fourth-order valence-corrected chi connectivity index (χ4v) is 2.18. The molecule has 0 aromatic carbocycles. The molecule has 0 unspecified atom stereocenters. The lowest BCUT2D eigenvalue weighted by molar-refractivity contribution is -0.134. The van der Waals surface area contributed by atoms with E-state index in [4.69, 9.17) is 0 Å². The van der Waals surface area contributed by atoms with Crippen molar-refractivity contribution in [3.8, 4) is 0 Å². The Labute approximate surface area is 114 Å². The van der Waals surface area contributed by atoms with E-state index in [1.807, 2.05) is 11.9 Å². The summed E-state index contributed by atoms with van der Waals surface area (Å²) in [7, 11) is 1.96. The fraction of sp³-hybridized carbons (Fsp3) is 0.938. The van der Waals surface area contributed by atoms with Crippen LogP contribution in [0.3, 0.4) is 0 Å². The lowest BCUT2D eigenvalue weighted by Crippen LogP contribution is -2.45. The number of amides is 1. The zero-order valence-corrected chi connectivity index (χ0v) is 13.8. The Kier molecular flexibility index (Phi) is 6.39. The lowest BCUT2D eigenvalue weighted by atomic mass is 9.77. The molecule has 0 fully saturated rings. The molecule has 0 spiro atoms. The zero-order chi connectivity index (χ0) is 14.6. The van der Waals surface area contributed by atoms with Crippen LogP contribution >= 0.6 is 0 Å². The molecule has 0 N–H and O–H groups in total. The highest BCUT2D eigenvalue weighted by molar-refractivity contribution is 5.76. The second-order valence-electron chi connectivity index (χ2n) is 7.10. The summed E-state index contributed by atoms with van der Waals surface area (Å²) in [6, 6.07) is 0.306. The summed E-state index contributed by atoms with van der Waals surface area (Å²) >= 11 is 0. The Bertz CT molecular complexity index is 261. The summed E-state index contributed by atoms with van der Waals surface area (Å²) in [6.07, 6.45) is 3.84. The molecule has 1 atom stereocenters. The van der Waals surface area contributed by atoms with Crippen molar-refractivity contribution in [2.75, 3.05) is 7.05 Å². The largest absolute Gasteiger partial charge is 0.343 e. The molecule has 0 aliphatic carbocycles. The van der Waals surface area contributed by atoms with E-state index in [-0.39, 0.29) is 16.7 Å². The van der Waals surface area contributed by atoms with Gasteiger partial charge in [-0.1, -0.05) is 41.5 Å². The summed E-state index contributed by atoms with van der Waals surface area (Å²) in [6.45, 7) is 15.5. The third-order valence-corrected chi connectivity index (χ3v) is 4.69. The average molecular weight is 255 g/mol. The van der Waals surface area contributed by atoms with Crippen molar-refractivity contribution in [1.29, 1.82) is 0 Å². The molecule has 0 aromatic rings. The second kappa shape index (κ2) is 6.58. The van der Waals surface area contributed by atoms with Crippen LogP contribution in [0, 0.1) is 10.8 Å². The van der Waals surface area contributed by atoms with Gasteiger partial charge in [0.15, 0.2) is 0 Å². The molecule has 0 saturated carbocycles. The molecule has 0 rings (SSSR count). The third-order valence-electron chi connectivity index (χ3n) is 4.69. The van der Waals surface area contributed by atoms with E-state index in [0.717, 1.165) is 19.3 Å². The van der Waals surface area contributed by atoms with E-state index in [0.29, 0.717) is 12.5 Å². The van der Waals surface area contributed by atoms with Crippen LogP contribution < -0.4 is 0 Å². The highest BCUT2D eigenvalue weighted by Crippen LogP contribution is 2.33. The zero-order valence-electron chi connectivity index (χ0n) is 13.8. The van der Waals surface area contributed by atoms with Crippen LogP contribution in [0.2, 0.25) is 0 Å². The van der Waals surface area contributed by atoms with Gasteiger partial charge in [0.2, 0.25) is 5.91 Å². The van der Waals surface area contributed by atoms with Crippen molar-refractivity contribution in [2.24, 2.45) is 10.8 Å². The Morgan fingerprint density at radius 1 is 1.11 bits per heavy atom. The Morgan fingerprint density at radius 2 is 1.56 bits per heavy atom. The summed E-state index contributed by atoms with van der Waals surface area (Å²) < 4.78 is 0. The van der Waals surface area contributed by atoms with Gasteiger partial charge in [-0.2, -0.15) is 0 Å². The summed E-state index contributed by atoms with van der Waals surface area (Å²) in [4.78, 5) is 14.2. The van der Waals surface area contributed by atoms with Crippen LogP contribution in [-0.4, -0.2) is 23.9 Å². The van der Waals surface area contributed by atoms with Gasteiger partial charge in [0.1, 0.15) is 0 Å². The SMILES string of the molecule is CCC(C)(CC)[C@H](C)N(C)C(=O)CCC(C)(C)C. The maximum atomic E-state index is 12.2. The van der Waals surface area contributed by atoms with Crippen LogP contribution in [-0.2, 0) is 4.79 Å². The van der Waals surface area contributed by atoms with E-state index in [1.165, 1.54) is 0 Å². The minimum atomic E-state index is 0.228. The molecule has 0 heterocycles. The quantitative estimate of drug-likeness (QED) is 0.685. The summed E-state index contributed by atoms with van der Waals surface area (Å²) in [5, 5.41) is 0. The van der Waals surface area contributed by atoms with E-state index in [2.05, 4.69) is 48.5 Å². The van der Waals surface area contributed by atoms with Gasteiger partial charge in [0.25, 0.3) is 0 Å². The maximum absolute atomic E-state index is 12.2. The molecular formula is C16H33NO. The molecule has 0 saturated heterocycles. The van der Waals surface area contributed by atoms with Crippen LogP contribution in [0.4, 0.5) is 0 Å². The monoisotopic (exact) mass is 255 g/mol. The molecule has 2 nitrogen and oxygen atoms in total. The minimum absolute atomic E-state index is 0.228. The fourth-order valence-electron chi connectivity index (χ4n) is 2.18. The molecule has 2 heteroatoms. The molecule has 1 amide bonds. The first-order valence-corrected chi connectivity index (χ1v) is 7.33. The van der Waals surface area contributed by atoms with Gasteiger partial charge < -0.3 is 4.90 Å². The number of nitrogens with zero attached hydrogens (tertiary/aromatic N) is 1. The predicted molar refractivity (Wildman–Crippen MR) is 79.6 cm³/mol. The van der Waals surface area contributed by atoms with Crippen LogP contribution in [0.5, 0.6) is 0 Å². The van der Waals surface area contributed by atoms with Gasteiger partial charge in [0.05, 0.1) is 0 Å². The van der Waals surface area contributed by atoms with Crippen LogP contribution in [0.25, 0.3) is 0 Å². The standard InChI is InChI=1S/C16H33NO/c1-9-16(7,10-2)13(3)17(8)14(18)11-12-15(4,5)6/h13H,9-12H2,1-8H3/t13-/m0/s1. The molecule has 0 aliphatic rings. The van der Waals surface area contributed by atoms with Gasteiger partial charge in [-0.3, -0.25) is 4.79 Å². The lowest BCUT2D eigenvalue weighted by Gasteiger charge is -2.40. The summed E-state index contributed by atoms with van der Waals surface area (Å²) in [5.41, 5.74) is 0.463. The molecule has 0 radical (unpaired) electrons. The highest BCUT2D eigenvalue weighted by Gasteiger charge is 2.32. The topological polar surface area (TPSA) is 20.3 Å². The molecule has 0 aromatic heterocycles. The van der Waals surface area contributed by atoms with Crippen LogP contribution in [0.1, 0.15) is 74.1 Å². The number of hydrogen-bond acceptors (Lipinski definition) is 1. The molecule has 0 bridgehead atoms. The maximum Gasteiger partial charge on any atom is 0.222 e. The molecule has 18 heavy (non-hydrogen) atoms. The van der Waals surface area contributed by atoms with Gasteiger partial charge in [-0.15, -0.1) is 0 Å². The number of hydrogen-bond donors (Lipinski definition) is 0. The van der Waals surface area contributed by atoms with Crippen molar-refractivity contribution in [2.45, 2.75) is 80.2 Å². The van der Waals surface area contributed by atoms with Gasteiger partial charge in [-0.05, 0) is 37.0 Å². The Balaban J connectivity index is 4.55. The van der Waals surface area contributed by atoms with E-state index < -0.39 is 0 Å². The first-order valence-electron chi connectivity index (χ1n) is 7.33.